The molecule has 1 saturated carbocycles. The molecule has 1 aliphatic carbocycles. The van der Waals surface area contributed by atoms with Crippen molar-refractivity contribution in [2.24, 2.45) is 11.8 Å². The number of carbonyl (C=O) groups is 2. The molecule has 1 N–H and O–H groups in total. The van der Waals surface area contributed by atoms with Crippen LogP contribution in [0.25, 0.3) is 10.8 Å². The van der Waals surface area contributed by atoms with E-state index in [1.54, 1.807) is 11.9 Å². The first-order valence-electron chi connectivity index (χ1n) is 8.00. The zero-order chi connectivity index (χ0) is 16.4. The minimum absolute atomic E-state index is 0.0573. The Labute approximate surface area is 135 Å². The van der Waals surface area contributed by atoms with Crippen molar-refractivity contribution in [3.05, 3.63) is 48.0 Å². The maximum atomic E-state index is 12.5. The van der Waals surface area contributed by atoms with Gasteiger partial charge in [-0.15, -0.1) is 0 Å². The van der Waals surface area contributed by atoms with Crippen LogP contribution in [0.5, 0.6) is 0 Å². The number of rotatable bonds is 4. The number of aliphatic carboxylic acids is 1. The van der Waals surface area contributed by atoms with E-state index in [9.17, 15) is 9.59 Å². The number of amides is 1. The van der Waals surface area contributed by atoms with Crippen LogP contribution in [0.3, 0.4) is 0 Å². The number of benzene rings is 2. The SMILES string of the molecule is CN(Cc1ccc2ccccc2c1)C(=O)[C@@H]1CC[C@H](C(=O)O)C1. The lowest BCUT2D eigenvalue weighted by Crippen LogP contribution is -2.31. The maximum Gasteiger partial charge on any atom is 0.306 e. The Bertz CT molecular complexity index is 740. The van der Waals surface area contributed by atoms with Gasteiger partial charge in [-0.05, 0) is 41.7 Å². The lowest BCUT2D eigenvalue weighted by molar-refractivity contribution is -0.141. The number of hydrogen-bond donors (Lipinski definition) is 1. The van der Waals surface area contributed by atoms with Gasteiger partial charge >= 0.3 is 5.97 Å². The second-order valence-corrected chi connectivity index (χ2v) is 6.42. The summed E-state index contributed by atoms with van der Waals surface area (Å²) in [6, 6.07) is 14.4. The van der Waals surface area contributed by atoms with E-state index in [1.807, 2.05) is 18.2 Å². The van der Waals surface area contributed by atoms with E-state index in [-0.39, 0.29) is 17.7 Å². The zero-order valence-corrected chi connectivity index (χ0v) is 13.2. The Morgan fingerprint density at radius 2 is 1.78 bits per heavy atom. The van der Waals surface area contributed by atoms with E-state index in [0.717, 1.165) is 10.9 Å². The number of nitrogens with zero attached hydrogens (tertiary/aromatic N) is 1. The van der Waals surface area contributed by atoms with Gasteiger partial charge in [0.15, 0.2) is 0 Å². The van der Waals surface area contributed by atoms with E-state index in [1.165, 1.54) is 5.39 Å². The van der Waals surface area contributed by atoms with E-state index >= 15 is 0 Å². The topological polar surface area (TPSA) is 57.6 Å². The quantitative estimate of drug-likeness (QED) is 0.942. The smallest absolute Gasteiger partial charge is 0.306 e. The average Bonchev–Trinajstić information content (AvgIpc) is 3.04. The first kappa shape index (κ1) is 15.5. The number of hydrogen-bond acceptors (Lipinski definition) is 2. The van der Waals surface area contributed by atoms with Gasteiger partial charge in [0.1, 0.15) is 0 Å². The van der Waals surface area contributed by atoms with Crippen LogP contribution >= 0.6 is 0 Å². The Balaban J connectivity index is 1.67. The van der Waals surface area contributed by atoms with Crippen LogP contribution in [0.15, 0.2) is 42.5 Å². The van der Waals surface area contributed by atoms with Gasteiger partial charge in [0, 0.05) is 19.5 Å². The van der Waals surface area contributed by atoms with Gasteiger partial charge in [-0.25, -0.2) is 0 Å². The summed E-state index contributed by atoms with van der Waals surface area (Å²) in [5, 5.41) is 11.4. The van der Waals surface area contributed by atoms with Gasteiger partial charge in [0.25, 0.3) is 0 Å². The standard InChI is InChI=1S/C19H21NO3/c1-20(18(21)16-8-9-17(11-16)19(22)23)12-13-6-7-14-4-2-3-5-15(14)10-13/h2-7,10,16-17H,8-9,11-12H2,1H3,(H,22,23)/t16-,17+/m1/s1. The molecule has 120 valence electrons. The molecule has 0 aromatic heterocycles. The number of fused-ring (bicyclic) bond motifs is 1. The Hall–Kier alpha value is -2.36. The fourth-order valence-corrected chi connectivity index (χ4v) is 3.43. The van der Waals surface area contributed by atoms with E-state index in [2.05, 4.69) is 24.3 Å². The molecule has 0 saturated heterocycles. The molecule has 1 aliphatic rings. The summed E-state index contributed by atoms with van der Waals surface area (Å²) < 4.78 is 0. The third-order valence-corrected chi connectivity index (χ3v) is 4.74. The van der Waals surface area contributed by atoms with Crippen LogP contribution in [0.1, 0.15) is 24.8 Å². The highest BCUT2D eigenvalue weighted by molar-refractivity contribution is 5.83. The Kier molecular flexibility index (Phi) is 4.33. The molecule has 4 heteroatoms. The van der Waals surface area contributed by atoms with Crippen molar-refractivity contribution in [2.45, 2.75) is 25.8 Å². The molecule has 0 radical (unpaired) electrons. The maximum absolute atomic E-state index is 12.5. The molecular formula is C19H21NO3. The average molecular weight is 311 g/mol. The molecule has 0 bridgehead atoms. The molecule has 23 heavy (non-hydrogen) atoms. The second kappa shape index (κ2) is 6.41. The van der Waals surface area contributed by atoms with Crippen LogP contribution < -0.4 is 0 Å². The molecule has 2 atom stereocenters. The minimum Gasteiger partial charge on any atom is -0.481 e. The second-order valence-electron chi connectivity index (χ2n) is 6.42. The minimum atomic E-state index is -0.780. The molecule has 2 aromatic rings. The lowest BCUT2D eigenvalue weighted by atomic mass is 10.0. The Morgan fingerprint density at radius 3 is 2.48 bits per heavy atom. The molecular weight excluding hydrogens is 290 g/mol. The summed E-state index contributed by atoms with van der Waals surface area (Å²) >= 11 is 0. The van der Waals surface area contributed by atoms with E-state index in [4.69, 9.17) is 5.11 Å². The number of carbonyl (C=O) groups excluding carboxylic acids is 1. The summed E-state index contributed by atoms with van der Waals surface area (Å²) in [4.78, 5) is 25.3. The van der Waals surface area contributed by atoms with Crippen molar-refractivity contribution >= 4 is 22.6 Å². The highest BCUT2D eigenvalue weighted by Crippen LogP contribution is 2.32. The van der Waals surface area contributed by atoms with Crippen LogP contribution in [-0.2, 0) is 16.1 Å². The van der Waals surface area contributed by atoms with Crippen molar-refractivity contribution in [3.8, 4) is 0 Å². The summed E-state index contributed by atoms with van der Waals surface area (Å²) in [5.74, 6) is -1.24. The first-order valence-corrected chi connectivity index (χ1v) is 8.00. The third-order valence-electron chi connectivity index (χ3n) is 4.74. The van der Waals surface area contributed by atoms with Crippen molar-refractivity contribution in [1.82, 2.24) is 4.90 Å². The summed E-state index contributed by atoms with van der Waals surface area (Å²) in [7, 11) is 1.80. The van der Waals surface area contributed by atoms with Crippen LogP contribution in [0, 0.1) is 11.8 Å². The monoisotopic (exact) mass is 311 g/mol. The van der Waals surface area contributed by atoms with Gasteiger partial charge in [0.05, 0.1) is 5.92 Å². The molecule has 0 heterocycles. The predicted molar refractivity (Wildman–Crippen MR) is 88.9 cm³/mol. The van der Waals surface area contributed by atoms with E-state index < -0.39 is 5.97 Å². The zero-order valence-electron chi connectivity index (χ0n) is 13.2. The van der Waals surface area contributed by atoms with Crippen molar-refractivity contribution in [1.29, 1.82) is 0 Å². The van der Waals surface area contributed by atoms with E-state index in [0.29, 0.717) is 25.8 Å². The molecule has 0 aliphatic heterocycles. The molecule has 2 aromatic carbocycles. The lowest BCUT2D eigenvalue weighted by Gasteiger charge is -2.21. The number of carboxylic acids is 1. The van der Waals surface area contributed by atoms with Crippen LogP contribution in [0.2, 0.25) is 0 Å². The molecule has 0 spiro atoms. The normalized spacial score (nSPS) is 20.6. The van der Waals surface area contributed by atoms with Gasteiger partial charge < -0.3 is 10.0 Å². The first-order chi connectivity index (χ1) is 11.0. The van der Waals surface area contributed by atoms with Crippen LogP contribution in [-0.4, -0.2) is 28.9 Å². The highest BCUT2D eigenvalue weighted by Gasteiger charge is 2.35. The molecule has 4 nitrogen and oxygen atoms in total. The van der Waals surface area contributed by atoms with Crippen LogP contribution in [0.4, 0.5) is 0 Å². The van der Waals surface area contributed by atoms with Crippen molar-refractivity contribution in [2.75, 3.05) is 7.05 Å². The Morgan fingerprint density at radius 1 is 1.09 bits per heavy atom. The number of carboxylic acid groups (broad SMARTS) is 1. The highest BCUT2D eigenvalue weighted by atomic mass is 16.4. The summed E-state index contributed by atoms with van der Waals surface area (Å²) in [6.07, 6.45) is 1.75. The fourth-order valence-electron chi connectivity index (χ4n) is 3.43. The van der Waals surface area contributed by atoms with Gasteiger partial charge in [-0.3, -0.25) is 9.59 Å². The molecule has 1 fully saturated rings. The fraction of sp³-hybridized carbons (Fsp3) is 0.368. The van der Waals surface area contributed by atoms with Gasteiger partial charge in [-0.2, -0.15) is 0 Å². The molecule has 1 amide bonds. The third kappa shape index (κ3) is 3.36. The molecule has 3 rings (SSSR count). The van der Waals surface area contributed by atoms with Gasteiger partial charge in [0.2, 0.25) is 5.91 Å². The predicted octanol–water partition coefficient (Wildman–Crippen LogP) is 3.30. The van der Waals surface area contributed by atoms with Gasteiger partial charge in [-0.1, -0.05) is 36.4 Å². The van der Waals surface area contributed by atoms with Crippen molar-refractivity contribution in [3.63, 3.8) is 0 Å². The summed E-state index contributed by atoms with van der Waals surface area (Å²) in [5.41, 5.74) is 1.09. The summed E-state index contributed by atoms with van der Waals surface area (Å²) in [6.45, 7) is 0.553. The molecule has 0 unspecified atom stereocenters. The van der Waals surface area contributed by atoms with Crippen molar-refractivity contribution < 1.29 is 14.7 Å². The largest absolute Gasteiger partial charge is 0.481 e.